The predicted molar refractivity (Wildman–Crippen MR) is 128 cm³/mol. The van der Waals surface area contributed by atoms with E-state index in [0.29, 0.717) is 5.75 Å². The highest BCUT2D eigenvalue weighted by Crippen LogP contribution is 2.25. The number of amides is 1. The maximum absolute atomic E-state index is 12.7. The largest absolute Gasteiger partial charge is 0.481 e. The molecule has 0 spiro atoms. The minimum absolute atomic E-state index is 0.0782. The molecule has 0 bridgehead atoms. The fraction of sp³-hybridized carbons (Fsp3) is 0.370. The van der Waals surface area contributed by atoms with Gasteiger partial charge >= 0.3 is 0 Å². The summed E-state index contributed by atoms with van der Waals surface area (Å²) < 4.78 is 5.91. The van der Waals surface area contributed by atoms with E-state index in [4.69, 9.17) is 4.74 Å². The monoisotopic (exact) mass is 416 g/mol. The molecule has 1 N–H and O–H groups in total. The summed E-state index contributed by atoms with van der Waals surface area (Å²) in [6.45, 7) is 8.37. The smallest absolute Gasteiger partial charge is 0.261 e. The van der Waals surface area contributed by atoms with Gasteiger partial charge in [-0.25, -0.2) is 0 Å². The van der Waals surface area contributed by atoms with Crippen LogP contribution in [-0.4, -0.2) is 25.1 Å². The normalized spacial score (nSPS) is 16.7. The summed E-state index contributed by atoms with van der Waals surface area (Å²) >= 11 is 0. The molecule has 0 aliphatic carbocycles. The lowest BCUT2D eigenvalue weighted by atomic mass is 9.98. The van der Waals surface area contributed by atoms with E-state index < -0.39 is 6.10 Å². The number of nitrogens with zero attached hydrogens (tertiary/aromatic N) is 1. The van der Waals surface area contributed by atoms with Gasteiger partial charge in [-0.1, -0.05) is 49.4 Å². The van der Waals surface area contributed by atoms with Crippen molar-refractivity contribution in [2.24, 2.45) is 5.92 Å². The highest BCUT2D eigenvalue weighted by Gasteiger charge is 2.19. The number of fused-ring (bicyclic) bond motifs is 1. The summed E-state index contributed by atoms with van der Waals surface area (Å²) in [7, 11) is 0. The summed E-state index contributed by atoms with van der Waals surface area (Å²) in [4.78, 5) is 15.1. The van der Waals surface area contributed by atoms with Crippen LogP contribution in [0.5, 0.6) is 5.75 Å². The molecule has 0 saturated carbocycles. The molecule has 1 aliphatic heterocycles. The lowest BCUT2D eigenvalue weighted by Crippen LogP contribution is -2.37. The van der Waals surface area contributed by atoms with Crippen molar-refractivity contribution in [1.29, 1.82) is 0 Å². The summed E-state index contributed by atoms with van der Waals surface area (Å²) in [6.07, 6.45) is 1.94. The number of hydrogen-bond donors (Lipinski definition) is 1. The molecule has 1 fully saturated rings. The van der Waals surface area contributed by atoms with Gasteiger partial charge in [-0.15, -0.1) is 0 Å². The molecule has 3 aromatic carbocycles. The molecule has 0 radical (unpaired) electrons. The average molecular weight is 417 g/mol. The van der Waals surface area contributed by atoms with E-state index in [2.05, 4.69) is 47.5 Å². The van der Waals surface area contributed by atoms with Crippen molar-refractivity contribution in [1.82, 2.24) is 5.32 Å². The Morgan fingerprint density at radius 1 is 0.968 bits per heavy atom. The van der Waals surface area contributed by atoms with E-state index in [1.165, 1.54) is 18.5 Å². The van der Waals surface area contributed by atoms with Gasteiger partial charge in [-0.05, 0) is 73.2 Å². The van der Waals surface area contributed by atoms with Crippen LogP contribution >= 0.6 is 0 Å². The molecule has 162 valence electrons. The van der Waals surface area contributed by atoms with Gasteiger partial charge < -0.3 is 15.0 Å². The molecule has 1 saturated heterocycles. The first-order valence-corrected chi connectivity index (χ1v) is 11.3. The number of hydrogen-bond acceptors (Lipinski definition) is 3. The van der Waals surface area contributed by atoms with Crippen LogP contribution in [-0.2, 0) is 4.79 Å². The SMILES string of the molecule is CC1CCN(c2ccc([C@@H](C)NC(=O)[C@H](C)Oc3ccc4ccccc4c3)cc2)CC1. The van der Waals surface area contributed by atoms with Crippen LogP contribution in [0.15, 0.2) is 66.7 Å². The fourth-order valence-corrected chi connectivity index (χ4v) is 4.15. The molecule has 0 unspecified atom stereocenters. The first-order chi connectivity index (χ1) is 15.0. The Kier molecular flexibility index (Phi) is 6.45. The van der Waals surface area contributed by atoms with Crippen LogP contribution in [0.2, 0.25) is 0 Å². The maximum Gasteiger partial charge on any atom is 0.261 e. The van der Waals surface area contributed by atoms with Gasteiger partial charge in [0.15, 0.2) is 6.10 Å². The van der Waals surface area contributed by atoms with E-state index in [0.717, 1.165) is 35.3 Å². The number of rotatable bonds is 6. The molecular weight excluding hydrogens is 384 g/mol. The van der Waals surface area contributed by atoms with Gasteiger partial charge in [0.2, 0.25) is 0 Å². The van der Waals surface area contributed by atoms with E-state index in [-0.39, 0.29) is 11.9 Å². The molecule has 4 heteroatoms. The molecule has 1 aliphatic rings. The Bertz CT molecular complexity index is 1020. The molecule has 1 amide bonds. The highest BCUT2D eigenvalue weighted by molar-refractivity contribution is 5.84. The van der Waals surface area contributed by atoms with Gasteiger partial charge in [-0.2, -0.15) is 0 Å². The van der Waals surface area contributed by atoms with Gasteiger partial charge in [0.05, 0.1) is 6.04 Å². The number of nitrogens with one attached hydrogen (secondary N) is 1. The van der Waals surface area contributed by atoms with E-state index in [1.54, 1.807) is 6.92 Å². The Labute approximate surface area is 185 Å². The molecule has 2 atom stereocenters. The quantitative estimate of drug-likeness (QED) is 0.559. The van der Waals surface area contributed by atoms with E-state index in [1.807, 2.05) is 43.3 Å². The van der Waals surface area contributed by atoms with Crippen LogP contribution in [0.1, 0.15) is 45.2 Å². The first-order valence-electron chi connectivity index (χ1n) is 11.3. The highest BCUT2D eigenvalue weighted by atomic mass is 16.5. The Morgan fingerprint density at radius 2 is 1.65 bits per heavy atom. The third-order valence-corrected chi connectivity index (χ3v) is 6.30. The second kappa shape index (κ2) is 9.42. The van der Waals surface area contributed by atoms with Crippen molar-refractivity contribution in [3.63, 3.8) is 0 Å². The van der Waals surface area contributed by atoms with Crippen LogP contribution in [0.25, 0.3) is 10.8 Å². The summed E-state index contributed by atoms with van der Waals surface area (Å²) in [5.74, 6) is 1.41. The van der Waals surface area contributed by atoms with Crippen molar-refractivity contribution in [2.45, 2.75) is 45.8 Å². The zero-order chi connectivity index (χ0) is 21.8. The Morgan fingerprint density at radius 3 is 2.35 bits per heavy atom. The first kappa shape index (κ1) is 21.2. The summed E-state index contributed by atoms with van der Waals surface area (Å²) in [5.41, 5.74) is 2.36. The fourth-order valence-electron chi connectivity index (χ4n) is 4.15. The summed E-state index contributed by atoms with van der Waals surface area (Å²) in [6, 6.07) is 22.5. The van der Waals surface area contributed by atoms with Crippen molar-refractivity contribution < 1.29 is 9.53 Å². The molecule has 1 heterocycles. The molecule has 3 aromatic rings. The van der Waals surface area contributed by atoms with E-state index in [9.17, 15) is 4.79 Å². The second-order valence-corrected chi connectivity index (χ2v) is 8.76. The molecule has 4 rings (SSSR count). The molecular formula is C27H32N2O2. The Balaban J connectivity index is 1.33. The van der Waals surface area contributed by atoms with Crippen molar-refractivity contribution in [2.75, 3.05) is 18.0 Å². The zero-order valence-corrected chi connectivity index (χ0v) is 18.7. The minimum atomic E-state index is -0.571. The number of piperidine rings is 1. The predicted octanol–water partition coefficient (Wildman–Crippen LogP) is 5.72. The number of ether oxygens (including phenoxy) is 1. The van der Waals surface area contributed by atoms with Crippen LogP contribution in [0, 0.1) is 5.92 Å². The number of carbonyl (C=O) groups is 1. The number of benzene rings is 3. The van der Waals surface area contributed by atoms with Crippen molar-refractivity contribution in [3.8, 4) is 5.75 Å². The van der Waals surface area contributed by atoms with Gasteiger partial charge in [0, 0.05) is 18.8 Å². The lowest BCUT2D eigenvalue weighted by Gasteiger charge is -2.32. The molecule has 31 heavy (non-hydrogen) atoms. The summed E-state index contributed by atoms with van der Waals surface area (Å²) in [5, 5.41) is 5.34. The van der Waals surface area contributed by atoms with Gasteiger partial charge in [0.1, 0.15) is 5.75 Å². The number of anilines is 1. The van der Waals surface area contributed by atoms with Crippen LogP contribution in [0.4, 0.5) is 5.69 Å². The van der Waals surface area contributed by atoms with Gasteiger partial charge in [-0.3, -0.25) is 4.79 Å². The Hall–Kier alpha value is -3.01. The van der Waals surface area contributed by atoms with Crippen molar-refractivity contribution >= 4 is 22.4 Å². The van der Waals surface area contributed by atoms with E-state index >= 15 is 0 Å². The topological polar surface area (TPSA) is 41.6 Å². The second-order valence-electron chi connectivity index (χ2n) is 8.76. The zero-order valence-electron chi connectivity index (χ0n) is 18.7. The van der Waals surface area contributed by atoms with Gasteiger partial charge in [0.25, 0.3) is 5.91 Å². The lowest BCUT2D eigenvalue weighted by molar-refractivity contribution is -0.127. The third kappa shape index (κ3) is 5.19. The van der Waals surface area contributed by atoms with Crippen LogP contribution in [0.3, 0.4) is 0 Å². The van der Waals surface area contributed by atoms with Crippen molar-refractivity contribution in [3.05, 3.63) is 72.3 Å². The van der Waals surface area contributed by atoms with Crippen LogP contribution < -0.4 is 15.0 Å². The molecule has 4 nitrogen and oxygen atoms in total. The average Bonchev–Trinajstić information content (AvgIpc) is 2.79. The third-order valence-electron chi connectivity index (χ3n) is 6.30. The minimum Gasteiger partial charge on any atom is -0.481 e. The standard InChI is InChI=1S/C27H32N2O2/c1-19-14-16-29(17-15-19)25-11-8-22(9-12-25)20(2)28-27(30)21(3)31-26-13-10-23-6-4-5-7-24(23)18-26/h4-13,18-21H,14-17H2,1-3H3,(H,28,30)/t20-,21+/m1/s1. The molecule has 0 aromatic heterocycles. The number of carbonyl (C=O) groups excluding carboxylic acids is 1. The maximum atomic E-state index is 12.7.